The first-order valence-electron chi connectivity index (χ1n) is 12.9. The van der Waals surface area contributed by atoms with Gasteiger partial charge in [0.25, 0.3) is 0 Å². The zero-order valence-electron chi connectivity index (χ0n) is 21.7. The van der Waals surface area contributed by atoms with E-state index in [9.17, 15) is 9.90 Å². The Kier molecular flexibility index (Phi) is 5.60. The zero-order chi connectivity index (χ0) is 26.5. The van der Waals surface area contributed by atoms with Crippen LogP contribution in [0.4, 0.5) is 4.79 Å². The summed E-state index contributed by atoms with van der Waals surface area (Å²) >= 11 is 0. The molecule has 0 saturated heterocycles. The number of nitrogens with one attached hydrogen (secondary N) is 1. The molecule has 0 atom stereocenters. The van der Waals surface area contributed by atoms with Crippen molar-refractivity contribution in [2.75, 3.05) is 0 Å². The van der Waals surface area contributed by atoms with Crippen LogP contribution in [0.15, 0.2) is 79.0 Å². The van der Waals surface area contributed by atoms with Gasteiger partial charge in [-0.3, -0.25) is 0 Å². The highest BCUT2D eigenvalue weighted by molar-refractivity contribution is 5.97. The maximum Gasteiger partial charge on any atom is 0.408 e. The van der Waals surface area contributed by atoms with E-state index in [1.807, 2.05) is 51.2 Å². The number of amides is 1. The van der Waals surface area contributed by atoms with Crippen molar-refractivity contribution in [3.05, 3.63) is 84.6 Å². The number of hydrogen-bond donors (Lipinski definition) is 2. The van der Waals surface area contributed by atoms with Crippen LogP contribution in [0.5, 0.6) is 5.75 Å². The van der Waals surface area contributed by atoms with Gasteiger partial charge in [0, 0.05) is 17.3 Å². The Morgan fingerprint density at radius 1 is 0.974 bits per heavy atom. The van der Waals surface area contributed by atoms with Crippen LogP contribution in [-0.4, -0.2) is 31.4 Å². The number of aromatic hydroxyl groups is 1. The second-order valence-corrected chi connectivity index (χ2v) is 11.0. The smallest absolute Gasteiger partial charge is 0.408 e. The molecule has 1 aliphatic rings. The standard InChI is InChI=1S/C31H30N4O3/c1-30(2,3)38-29(37)33-31(17-8-18-31)22-15-13-21(14-16-22)26-24(20-9-5-4-6-10-20)19-35-28(32-26)23-11-7-12-25(36)27(23)34-35/h4-7,9-16,19,36H,8,17-18H2,1-3H3,(H,33,37). The molecular weight excluding hydrogens is 476 g/mol. The Hall–Kier alpha value is -4.39. The molecule has 5 aromatic rings. The highest BCUT2D eigenvalue weighted by Gasteiger charge is 2.41. The van der Waals surface area contributed by atoms with E-state index >= 15 is 0 Å². The van der Waals surface area contributed by atoms with Crippen molar-refractivity contribution in [1.29, 1.82) is 0 Å². The third-order valence-electron chi connectivity index (χ3n) is 7.15. The Balaban J connectivity index is 1.43. The van der Waals surface area contributed by atoms with E-state index in [-0.39, 0.29) is 5.75 Å². The molecule has 1 saturated carbocycles. The molecule has 38 heavy (non-hydrogen) atoms. The number of alkyl carbamates (subject to hydrolysis) is 1. The number of aromatic nitrogens is 3. The molecule has 2 heterocycles. The minimum atomic E-state index is -0.550. The molecule has 7 nitrogen and oxygen atoms in total. The van der Waals surface area contributed by atoms with Crippen LogP contribution in [0, 0.1) is 0 Å². The van der Waals surface area contributed by atoms with Gasteiger partial charge in [0.05, 0.1) is 16.6 Å². The summed E-state index contributed by atoms with van der Waals surface area (Å²) in [6, 6.07) is 23.7. The maximum atomic E-state index is 12.6. The lowest BCUT2D eigenvalue weighted by Gasteiger charge is -2.43. The Bertz CT molecular complexity index is 1650. The van der Waals surface area contributed by atoms with Gasteiger partial charge in [0.15, 0.2) is 5.65 Å². The highest BCUT2D eigenvalue weighted by Crippen LogP contribution is 2.42. The number of carbonyl (C=O) groups is 1. The molecule has 6 rings (SSSR count). The molecule has 0 aliphatic heterocycles. The molecule has 0 spiro atoms. The second kappa shape index (κ2) is 8.87. The molecule has 3 aromatic carbocycles. The van der Waals surface area contributed by atoms with Crippen molar-refractivity contribution in [3.8, 4) is 28.1 Å². The van der Waals surface area contributed by atoms with Gasteiger partial charge in [-0.1, -0.05) is 60.7 Å². The van der Waals surface area contributed by atoms with Crippen molar-refractivity contribution >= 4 is 22.6 Å². The summed E-state index contributed by atoms with van der Waals surface area (Å²) < 4.78 is 7.27. The average Bonchev–Trinajstić information content (AvgIpc) is 3.24. The first-order valence-corrected chi connectivity index (χ1v) is 12.9. The lowest BCUT2D eigenvalue weighted by atomic mass is 9.71. The normalized spacial score (nSPS) is 14.8. The number of hydrogen-bond acceptors (Lipinski definition) is 5. The summed E-state index contributed by atoms with van der Waals surface area (Å²) in [4.78, 5) is 17.7. The molecule has 7 heteroatoms. The number of phenols is 1. The lowest BCUT2D eigenvalue weighted by molar-refractivity contribution is 0.0377. The number of benzene rings is 3. The predicted octanol–water partition coefficient (Wildman–Crippen LogP) is 6.83. The van der Waals surface area contributed by atoms with Gasteiger partial charge in [0.1, 0.15) is 16.9 Å². The van der Waals surface area contributed by atoms with Gasteiger partial charge in [-0.15, -0.1) is 0 Å². The third-order valence-corrected chi connectivity index (χ3v) is 7.15. The molecule has 2 N–H and O–H groups in total. The number of fused-ring (bicyclic) bond motifs is 3. The number of ether oxygens (including phenoxy) is 1. The molecule has 2 aromatic heterocycles. The first kappa shape index (κ1) is 24.0. The summed E-state index contributed by atoms with van der Waals surface area (Å²) in [6.07, 6.45) is 4.37. The van der Waals surface area contributed by atoms with Gasteiger partial charge in [0.2, 0.25) is 0 Å². The molecule has 1 aliphatic carbocycles. The van der Waals surface area contributed by atoms with Crippen LogP contribution >= 0.6 is 0 Å². The molecule has 0 bridgehead atoms. The van der Waals surface area contributed by atoms with E-state index in [1.54, 1.807) is 16.6 Å². The summed E-state index contributed by atoms with van der Waals surface area (Å²) in [5.41, 5.74) is 5.02. The molecule has 1 amide bonds. The van der Waals surface area contributed by atoms with Crippen molar-refractivity contribution in [2.45, 2.75) is 51.2 Å². The largest absolute Gasteiger partial charge is 0.506 e. The predicted molar refractivity (Wildman–Crippen MR) is 148 cm³/mol. The van der Waals surface area contributed by atoms with E-state index in [4.69, 9.17) is 9.72 Å². The Morgan fingerprint density at radius 2 is 1.71 bits per heavy atom. The van der Waals surface area contributed by atoms with Crippen LogP contribution in [-0.2, 0) is 10.3 Å². The molecule has 1 fully saturated rings. The summed E-state index contributed by atoms with van der Waals surface area (Å²) in [5.74, 6) is 0.128. The quantitative estimate of drug-likeness (QED) is 0.279. The van der Waals surface area contributed by atoms with E-state index in [2.05, 4.69) is 46.8 Å². The fourth-order valence-corrected chi connectivity index (χ4v) is 5.16. The number of rotatable bonds is 4. The van der Waals surface area contributed by atoms with Gasteiger partial charge < -0.3 is 15.2 Å². The van der Waals surface area contributed by atoms with Crippen molar-refractivity contribution < 1.29 is 14.6 Å². The summed E-state index contributed by atoms with van der Waals surface area (Å²) in [6.45, 7) is 5.61. The molecule has 192 valence electrons. The van der Waals surface area contributed by atoms with Crippen LogP contribution in [0.3, 0.4) is 0 Å². The SMILES string of the molecule is CC(C)(C)OC(=O)NC1(c2ccc(-c3nc4c5cccc(O)c5nn4cc3-c3ccccc3)cc2)CCC1. The molecule has 0 unspecified atom stereocenters. The van der Waals surface area contributed by atoms with Crippen molar-refractivity contribution in [3.63, 3.8) is 0 Å². The average molecular weight is 507 g/mol. The van der Waals surface area contributed by atoms with Crippen LogP contribution in [0.2, 0.25) is 0 Å². The van der Waals surface area contributed by atoms with Gasteiger partial charge in [-0.05, 0) is 63.3 Å². The van der Waals surface area contributed by atoms with Gasteiger partial charge in [-0.2, -0.15) is 5.10 Å². The van der Waals surface area contributed by atoms with E-state index < -0.39 is 17.2 Å². The van der Waals surface area contributed by atoms with Crippen LogP contribution in [0.1, 0.15) is 45.6 Å². The minimum absolute atomic E-state index is 0.128. The fraction of sp³-hybridized carbons (Fsp3) is 0.258. The van der Waals surface area contributed by atoms with Crippen LogP contribution in [0.25, 0.3) is 38.9 Å². The van der Waals surface area contributed by atoms with Gasteiger partial charge in [-0.25, -0.2) is 14.3 Å². The van der Waals surface area contributed by atoms with E-state index in [0.717, 1.165) is 52.6 Å². The zero-order valence-corrected chi connectivity index (χ0v) is 21.7. The molecule has 0 radical (unpaired) electrons. The topological polar surface area (TPSA) is 88.8 Å². The van der Waals surface area contributed by atoms with Crippen LogP contribution < -0.4 is 5.32 Å². The number of phenolic OH excluding ortho intramolecular Hbond substituents is 1. The Morgan fingerprint density at radius 3 is 2.37 bits per heavy atom. The maximum absolute atomic E-state index is 12.6. The summed E-state index contributed by atoms with van der Waals surface area (Å²) in [5, 5.41) is 18.9. The Labute approximate surface area is 221 Å². The molecular formula is C31H30N4O3. The van der Waals surface area contributed by atoms with Gasteiger partial charge >= 0.3 is 6.09 Å². The lowest BCUT2D eigenvalue weighted by Crippen LogP contribution is -2.52. The summed E-state index contributed by atoms with van der Waals surface area (Å²) in [7, 11) is 0. The van der Waals surface area contributed by atoms with Crippen molar-refractivity contribution in [2.24, 2.45) is 0 Å². The number of carbonyl (C=O) groups excluding carboxylic acids is 1. The monoisotopic (exact) mass is 506 g/mol. The number of nitrogens with zero attached hydrogens (tertiary/aromatic N) is 3. The third kappa shape index (κ3) is 4.24. The van der Waals surface area contributed by atoms with Crippen molar-refractivity contribution in [1.82, 2.24) is 19.9 Å². The fourth-order valence-electron chi connectivity index (χ4n) is 5.16. The minimum Gasteiger partial charge on any atom is -0.506 e. The van der Waals surface area contributed by atoms with E-state index in [0.29, 0.717) is 11.2 Å². The van der Waals surface area contributed by atoms with E-state index in [1.165, 1.54) is 0 Å². The first-order chi connectivity index (χ1) is 18.2. The highest BCUT2D eigenvalue weighted by atomic mass is 16.6. The second-order valence-electron chi connectivity index (χ2n) is 11.0.